The van der Waals surface area contributed by atoms with Gasteiger partial charge in [0.05, 0.1) is 26.4 Å². The maximum Gasteiger partial charge on any atom is 0.138 e. The molecule has 2 rings (SSSR count). The molecule has 118 valence electrons. The van der Waals surface area contributed by atoms with E-state index in [0.717, 1.165) is 10.2 Å². The molecule has 0 saturated carbocycles. The van der Waals surface area contributed by atoms with Gasteiger partial charge in [-0.15, -0.1) is 0 Å². The predicted molar refractivity (Wildman–Crippen MR) is 81.8 cm³/mol. The average Bonchev–Trinajstić information content (AvgIpc) is 2.47. The number of hydrogen-bond donors (Lipinski definition) is 0. The molecule has 0 radical (unpaired) electrons. The van der Waals surface area contributed by atoms with E-state index in [1.165, 1.54) is 0 Å². The summed E-state index contributed by atoms with van der Waals surface area (Å²) < 4.78 is 29.0. The fraction of sp³-hybridized carbons (Fsp3) is 0.600. The lowest BCUT2D eigenvalue weighted by Crippen LogP contribution is -2.54. The molecule has 1 aliphatic heterocycles. The Bertz CT molecular complexity index is 411. The Labute approximate surface area is 133 Å². The van der Waals surface area contributed by atoms with Gasteiger partial charge in [-0.2, -0.15) is 0 Å². The third kappa shape index (κ3) is 4.93. The number of benzene rings is 1. The summed E-state index contributed by atoms with van der Waals surface area (Å²) in [4.78, 5) is 0. The highest BCUT2D eigenvalue weighted by atomic mass is 79.9. The molecule has 0 unspecified atom stereocenters. The van der Waals surface area contributed by atoms with Crippen LogP contribution in [0.25, 0.3) is 0 Å². The molecule has 21 heavy (non-hydrogen) atoms. The number of methoxy groups -OCH3 is 2. The summed E-state index contributed by atoms with van der Waals surface area (Å²) in [6.45, 7) is 2.25. The average molecular weight is 361 g/mol. The van der Waals surface area contributed by atoms with Crippen molar-refractivity contribution in [1.82, 2.24) is 0 Å². The first kappa shape index (κ1) is 16.7. The smallest absolute Gasteiger partial charge is 0.138 e. The second kappa shape index (κ2) is 8.10. The maximum absolute atomic E-state index is 6.09. The lowest BCUT2D eigenvalue weighted by Gasteiger charge is -2.39. The molecule has 0 bridgehead atoms. The zero-order chi connectivity index (χ0) is 15.1. The van der Waals surface area contributed by atoms with E-state index >= 15 is 0 Å². The van der Waals surface area contributed by atoms with Crippen LogP contribution in [0.2, 0.25) is 0 Å². The summed E-state index contributed by atoms with van der Waals surface area (Å²) in [5, 5.41) is 0. The summed E-state index contributed by atoms with van der Waals surface area (Å²) in [5.41, 5.74) is -0.560. The lowest BCUT2D eigenvalue weighted by atomic mass is 10.1. The third-order valence-electron chi connectivity index (χ3n) is 3.15. The molecular weight excluding hydrogens is 340 g/mol. The van der Waals surface area contributed by atoms with Crippen LogP contribution in [-0.4, -0.2) is 59.0 Å². The Kier molecular flexibility index (Phi) is 6.44. The minimum absolute atomic E-state index is 0.146. The van der Waals surface area contributed by atoms with Crippen molar-refractivity contribution in [2.45, 2.75) is 11.7 Å². The molecule has 0 spiro atoms. The van der Waals surface area contributed by atoms with Gasteiger partial charge in [-0.3, -0.25) is 0 Å². The van der Waals surface area contributed by atoms with Crippen molar-refractivity contribution in [3.63, 3.8) is 0 Å². The minimum atomic E-state index is -0.560. The fourth-order valence-corrected chi connectivity index (χ4v) is 2.58. The molecule has 1 fully saturated rings. The molecule has 1 aliphatic rings. The maximum atomic E-state index is 6.09. The Morgan fingerprint density at radius 2 is 1.86 bits per heavy atom. The van der Waals surface area contributed by atoms with Crippen molar-refractivity contribution in [2.75, 3.05) is 47.3 Å². The highest BCUT2D eigenvalue weighted by Crippen LogP contribution is 2.22. The highest BCUT2D eigenvalue weighted by Gasteiger charge is 2.39. The molecule has 0 aliphatic carbocycles. The van der Waals surface area contributed by atoms with Gasteiger partial charge in [-0.1, -0.05) is 15.9 Å². The molecular formula is C15H21BrO5. The minimum Gasteiger partial charge on any atom is -0.491 e. The molecule has 1 saturated heterocycles. The van der Waals surface area contributed by atoms with Crippen LogP contribution in [0.3, 0.4) is 0 Å². The zero-order valence-electron chi connectivity index (χ0n) is 12.3. The standard InChI is InChI=1S/C15H21BrO5/c1-17-9-15(10-18-2)11-19-7-14(21-15)8-20-13-5-3-12(16)4-6-13/h3-6,14H,7-11H2,1-2H3/t14-/m0/s1. The van der Waals surface area contributed by atoms with Crippen molar-refractivity contribution >= 4 is 15.9 Å². The van der Waals surface area contributed by atoms with Gasteiger partial charge in [0, 0.05) is 18.7 Å². The molecule has 1 aromatic rings. The zero-order valence-corrected chi connectivity index (χ0v) is 13.9. The van der Waals surface area contributed by atoms with E-state index < -0.39 is 5.60 Å². The van der Waals surface area contributed by atoms with Crippen molar-refractivity contribution < 1.29 is 23.7 Å². The number of hydrogen-bond acceptors (Lipinski definition) is 5. The lowest BCUT2D eigenvalue weighted by molar-refractivity contribution is -0.236. The first-order chi connectivity index (χ1) is 10.2. The first-order valence-electron chi connectivity index (χ1n) is 6.79. The van der Waals surface area contributed by atoms with Crippen LogP contribution in [0.5, 0.6) is 5.75 Å². The van der Waals surface area contributed by atoms with Crippen LogP contribution in [0.1, 0.15) is 0 Å². The summed E-state index contributed by atoms with van der Waals surface area (Å²) in [6, 6.07) is 7.69. The van der Waals surface area contributed by atoms with E-state index in [4.69, 9.17) is 23.7 Å². The van der Waals surface area contributed by atoms with Crippen LogP contribution in [-0.2, 0) is 18.9 Å². The Balaban J connectivity index is 1.89. The normalized spacial score (nSPS) is 21.2. The largest absolute Gasteiger partial charge is 0.491 e. The second-order valence-corrected chi connectivity index (χ2v) is 5.98. The van der Waals surface area contributed by atoms with Crippen LogP contribution >= 0.6 is 15.9 Å². The van der Waals surface area contributed by atoms with Gasteiger partial charge in [0.1, 0.15) is 24.1 Å². The van der Waals surface area contributed by atoms with Gasteiger partial charge >= 0.3 is 0 Å². The van der Waals surface area contributed by atoms with Gasteiger partial charge in [-0.25, -0.2) is 0 Å². The molecule has 6 heteroatoms. The molecule has 5 nitrogen and oxygen atoms in total. The van der Waals surface area contributed by atoms with Gasteiger partial charge in [0.2, 0.25) is 0 Å². The van der Waals surface area contributed by atoms with Crippen molar-refractivity contribution in [2.24, 2.45) is 0 Å². The quantitative estimate of drug-likeness (QED) is 0.746. The highest BCUT2D eigenvalue weighted by molar-refractivity contribution is 9.10. The Hall–Kier alpha value is -0.660. The molecule has 1 heterocycles. The van der Waals surface area contributed by atoms with E-state index in [-0.39, 0.29) is 6.10 Å². The van der Waals surface area contributed by atoms with Gasteiger partial charge < -0.3 is 23.7 Å². The van der Waals surface area contributed by atoms with Gasteiger partial charge in [-0.05, 0) is 24.3 Å². The van der Waals surface area contributed by atoms with Crippen molar-refractivity contribution in [1.29, 1.82) is 0 Å². The fourth-order valence-electron chi connectivity index (χ4n) is 2.32. The SMILES string of the molecule is COCC1(COC)COC[C@@H](COc2ccc(Br)cc2)O1. The summed E-state index contributed by atoms with van der Waals surface area (Å²) in [7, 11) is 3.28. The Morgan fingerprint density at radius 3 is 2.48 bits per heavy atom. The number of halogens is 1. The van der Waals surface area contributed by atoms with Crippen molar-refractivity contribution in [3.8, 4) is 5.75 Å². The van der Waals surface area contributed by atoms with Crippen molar-refractivity contribution in [3.05, 3.63) is 28.7 Å². The first-order valence-corrected chi connectivity index (χ1v) is 7.58. The van der Waals surface area contributed by atoms with E-state index in [0.29, 0.717) is 33.0 Å². The van der Waals surface area contributed by atoms with Crippen LogP contribution < -0.4 is 4.74 Å². The second-order valence-electron chi connectivity index (χ2n) is 5.07. The van der Waals surface area contributed by atoms with E-state index in [2.05, 4.69) is 15.9 Å². The molecule has 1 aromatic carbocycles. The third-order valence-corrected chi connectivity index (χ3v) is 3.68. The summed E-state index contributed by atoms with van der Waals surface area (Å²) >= 11 is 3.39. The Morgan fingerprint density at radius 1 is 1.19 bits per heavy atom. The predicted octanol–water partition coefficient (Wildman–Crippen LogP) is 2.27. The van der Waals surface area contributed by atoms with E-state index in [1.54, 1.807) is 14.2 Å². The van der Waals surface area contributed by atoms with Crippen LogP contribution in [0.15, 0.2) is 28.7 Å². The molecule has 0 amide bonds. The van der Waals surface area contributed by atoms with E-state index in [1.807, 2.05) is 24.3 Å². The molecule has 0 aromatic heterocycles. The van der Waals surface area contributed by atoms with Gasteiger partial charge in [0.15, 0.2) is 0 Å². The molecule has 0 N–H and O–H groups in total. The summed E-state index contributed by atoms with van der Waals surface area (Å²) in [5.74, 6) is 0.802. The molecule has 1 atom stereocenters. The topological polar surface area (TPSA) is 46.2 Å². The summed E-state index contributed by atoms with van der Waals surface area (Å²) in [6.07, 6.45) is -0.146. The monoisotopic (exact) mass is 360 g/mol. The van der Waals surface area contributed by atoms with Crippen LogP contribution in [0, 0.1) is 0 Å². The van der Waals surface area contributed by atoms with Gasteiger partial charge in [0.25, 0.3) is 0 Å². The number of ether oxygens (including phenoxy) is 5. The van der Waals surface area contributed by atoms with E-state index in [9.17, 15) is 0 Å². The number of rotatable bonds is 7. The van der Waals surface area contributed by atoms with Crippen LogP contribution in [0.4, 0.5) is 0 Å².